The van der Waals surface area contributed by atoms with E-state index >= 15 is 0 Å². The Labute approximate surface area is 103 Å². The maximum atomic E-state index is 9.33. The van der Waals surface area contributed by atoms with Crippen molar-refractivity contribution in [2.75, 3.05) is 0 Å². The van der Waals surface area contributed by atoms with Gasteiger partial charge >= 0.3 is 0 Å². The topological polar surface area (TPSA) is 77.0 Å². The van der Waals surface area contributed by atoms with Gasteiger partial charge < -0.3 is 14.1 Å². The molecule has 0 amide bonds. The van der Waals surface area contributed by atoms with E-state index in [4.69, 9.17) is 4.42 Å². The van der Waals surface area contributed by atoms with Crippen molar-refractivity contribution in [1.82, 2.24) is 19.7 Å². The number of fused-ring (bicyclic) bond motifs is 1. The maximum Gasteiger partial charge on any atom is 0.236 e. The molecule has 6 heteroatoms. The Morgan fingerprint density at radius 3 is 3.00 bits per heavy atom. The molecular formula is C12H12N4O2. The van der Waals surface area contributed by atoms with Gasteiger partial charge in [0.25, 0.3) is 0 Å². The van der Waals surface area contributed by atoms with E-state index in [1.54, 1.807) is 13.1 Å². The smallest absolute Gasteiger partial charge is 0.236 e. The summed E-state index contributed by atoms with van der Waals surface area (Å²) in [5, 5.41) is 18.0. The number of pyridine rings is 1. The Bertz CT molecular complexity index is 686. The molecule has 0 saturated heterocycles. The van der Waals surface area contributed by atoms with Gasteiger partial charge in [0.05, 0.1) is 6.61 Å². The predicted octanol–water partition coefficient (Wildman–Crippen LogP) is 1.27. The van der Waals surface area contributed by atoms with Gasteiger partial charge in [0.1, 0.15) is 12.2 Å². The number of aliphatic hydroxyl groups is 1. The van der Waals surface area contributed by atoms with E-state index in [2.05, 4.69) is 15.2 Å². The number of aryl methyl sites for hydroxylation is 1. The lowest BCUT2D eigenvalue weighted by atomic mass is 10.2. The van der Waals surface area contributed by atoms with Crippen LogP contribution < -0.4 is 0 Å². The minimum absolute atomic E-state index is 0.0158. The molecule has 0 radical (unpaired) electrons. The quantitative estimate of drug-likeness (QED) is 0.750. The van der Waals surface area contributed by atoms with Crippen LogP contribution in [-0.4, -0.2) is 24.9 Å². The third kappa shape index (κ3) is 1.76. The third-order valence-corrected chi connectivity index (χ3v) is 2.76. The monoisotopic (exact) mass is 244 g/mol. The lowest BCUT2D eigenvalue weighted by Gasteiger charge is -1.99. The van der Waals surface area contributed by atoms with Gasteiger partial charge in [-0.3, -0.25) is 0 Å². The highest BCUT2D eigenvalue weighted by molar-refractivity contribution is 5.80. The van der Waals surface area contributed by atoms with E-state index in [-0.39, 0.29) is 6.61 Å². The van der Waals surface area contributed by atoms with Crippen molar-refractivity contribution in [3.05, 3.63) is 41.9 Å². The first kappa shape index (κ1) is 10.9. The van der Waals surface area contributed by atoms with Crippen molar-refractivity contribution < 1.29 is 9.52 Å². The van der Waals surface area contributed by atoms with Gasteiger partial charge in [0, 0.05) is 30.3 Å². The van der Waals surface area contributed by atoms with Crippen molar-refractivity contribution in [2.45, 2.75) is 20.1 Å². The molecule has 3 aromatic rings. The molecule has 0 saturated carbocycles. The van der Waals surface area contributed by atoms with Crippen LogP contribution in [0.25, 0.3) is 11.0 Å². The minimum atomic E-state index is -0.0158. The van der Waals surface area contributed by atoms with Crippen molar-refractivity contribution >= 4 is 11.0 Å². The van der Waals surface area contributed by atoms with Gasteiger partial charge in [0.15, 0.2) is 0 Å². The second kappa shape index (κ2) is 4.23. The van der Waals surface area contributed by atoms with Crippen LogP contribution in [0.15, 0.2) is 28.9 Å². The average Bonchev–Trinajstić information content (AvgIpc) is 2.95. The normalized spacial score (nSPS) is 11.2. The molecule has 0 aliphatic carbocycles. The summed E-state index contributed by atoms with van der Waals surface area (Å²) >= 11 is 0. The molecule has 0 spiro atoms. The van der Waals surface area contributed by atoms with Crippen LogP contribution in [-0.2, 0) is 13.2 Å². The van der Waals surface area contributed by atoms with E-state index in [1.807, 2.05) is 22.9 Å². The molecule has 6 nitrogen and oxygen atoms in total. The summed E-state index contributed by atoms with van der Waals surface area (Å²) in [6.07, 6.45) is 3.58. The van der Waals surface area contributed by atoms with Crippen LogP contribution in [0.1, 0.15) is 17.3 Å². The van der Waals surface area contributed by atoms with Gasteiger partial charge in [-0.05, 0) is 12.1 Å². The standard InChI is InChI=1S/C12H12N4O2/c1-8-14-15-11(18-8)6-16-5-9(7-17)10-3-2-4-13-12(10)16/h2-5,17H,6-7H2,1H3. The Balaban J connectivity index is 2.06. The molecule has 0 fully saturated rings. The highest BCUT2D eigenvalue weighted by Gasteiger charge is 2.11. The van der Waals surface area contributed by atoms with Gasteiger partial charge in [-0.25, -0.2) is 4.98 Å². The van der Waals surface area contributed by atoms with Crippen LogP contribution in [0, 0.1) is 6.92 Å². The van der Waals surface area contributed by atoms with Gasteiger partial charge in [-0.1, -0.05) is 0 Å². The molecular weight excluding hydrogens is 232 g/mol. The fourth-order valence-electron chi connectivity index (χ4n) is 1.99. The highest BCUT2D eigenvalue weighted by atomic mass is 16.4. The summed E-state index contributed by atoms with van der Waals surface area (Å²) in [5.41, 5.74) is 1.65. The van der Waals surface area contributed by atoms with Crippen LogP contribution in [0.3, 0.4) is 0 Å². The maximum absolute atomic E-state index is 9.33. The zero-order valence-electron chi connectivity index (χ0n) is 9.87. The first-order valence-corrected chi connectivity index (χ1v) is 5.60. The summed E-state index contributed by atoms with van der Waals surface area (Å²) in [6.45, 7) is 2.19. The predicted molar refractivity (Wildman–Crippen MR) is 63.8 cm³/mol. The molecule has 3 heterocycles. The van der Waals surface area contributed by atoms with E-state index in [0.717, 1.165) is 16.6 Å². The fraction of sp³-hybridized carbons (Fsp3) is 0.250. The number of aliphatic hydroxyl groups excluding tert-OH is 1. The second-order valence-electron chi connectivity index (χ2n) is 4.03. The van der Waals surface area contributed by atoms with Crippen LogP contribution >= 0.6 is 0 Å². The molecule has 3 rings (SSSR count). The Hall–Kier alpha value is -2.21. The molecule has 3 aromatic heterocycles. The number of aromatic nitrogens is 4. The number of hydrogen-bond donors (Lipinski definition) is 1. The summed E-state index contributed by atoms with van der Waals surface area (Å²) in [6, 6.07) is 3.78. The molecule has 0 aliphatic heterocycles. The zero-order valence-corrected chi connectivity index (χ0v) is 9.87. The number of hydrogen-bond acceptors (Lipinski definition) is 5. The Morgan fingerprint density at radius 2 is 2.28 bits per heavy atom. The fourth-order valence-corrected chi connectivity index (χ4v) is 1.99. The van der Waals surface area contributed by atoms with Crippen LogP contribution in [0.2, 0.25) is 0 Å². The molecule has 0 aliphatic rings. The molecule has 0 bridgehead atoms. The molecule has 18 heavy (non-hydrogen) atoms. The molecule has 0 unspecified atom stereocenters. The van der Waals surface area contributed by atoms with E-state index < -0.39 is 0 Å². The zero-order chi connectivity index (χ0) is 12.5. The SMILES string of the molecule is Cc1nnc(Cn2cc(CO)c3cccnc32)o1. The van der Waals surface area contributed by atoms with E-state index in [9.17, 15) is 5.11 Å². The average molecular weight is 244 g/mol. The largest absolute Gasteiger partial charge is 0.424 e. The molecule has 0 aromatic carbocycles. The third-order valence-electron chi connectivity index (χ3n) is 2.76. The van der Waals surface area contributed by atoms with Gasteiger partial charge in [0.2, 0.25) is 11.8 Å². The molecule has 92 valence electrons. The van der Waals surface area contributed by atoms with Gasteiger partial charge in [-0.15, -0.1) is 10.2 Å². The van der Waals surface area contributed by atoms with Crippen molar-refractivity contribution in [1.29, 1.82) is 0 Å². The summed E-state index contributed by atoms with van der Waals surface area (Å²) < 4.78 is 7.24. The number of rotatable bonds is 3. The molecule has 1 N–H and O–H groups in total. The minimum Gasteiger partial charge on any atom is -0.424 e. The van der Waals surface area contributed by atoms with Crippen molar-refractivity contribution in [2.24, 2.45) is 0 Å². The molecule has 0 atom stereocenters. The number of nitrogens with zero attached hydrogens (tertiary/aromatic N) is 4. The summed E-state index contributed by atoms with van der Waals surface area (Å²) in [5.74, 6) is 1.07. The highest BCUT2D eigenvalue weighted by Crippen LogP contribution is 2.20. The summed E-state index contributed by atoms with van der Waals surface area (Å²) in [7, 11) is 0. The van der Waals surface area contributed by atoms with Crippen LogP contribution in [0.5, 0.6) is 0 Å². The Morgan fingerprint density at radius 1 is 1.39 bits per heavy atom. The van der Waals surface area contributed by atoms with E-state index in [1.165, 1.54) is 0 Å². The first-order chi connectivity index (χ1) is 8.78. The summed E-state index contributed by atoms with van der Waals surface area (Å²) in [4.78, 5) is 4.31. The lowest BCUT2D eigenvalue weighted by Crippen LogP contribution is -1.99. The van der Waals surface area contributed by atoms with Gasteiger partial charge in [-0.2, -0.15) is 0 Å². The second-order valence-corrected chi connectivity index (χ2v) is 4.03. The van der Waals surface area contributed by atoms with Crippen molar-refractivity contribution in [3.63, 3.8) is 0 Å². The van der Waals surface area contributed by atoms with E-state index in [0.29, 0.717) is 18.3 Å². The lowest BCUT2D eigenvalue weighted by molar-refractivity contribution is 0.283. The van der Waals surface area contributed by atoms with Crippen LogP contribution in [0.4, 0.5) is 0 Å². The van der Waals surface area contributed by atoms with Crippen molar-refractivity contribution in [3.8, 4) is 0 Å². The first-order valence-electron chi connectivity index (χ1n) is 5.60. The Kier molecular flexibility index (Phi) is 2.56.